The number of hydrogen-bond acceptors (Lipinski definition) is 8. The summed E-state index contributed by atoms with van der Waals surface area (Å²) in [5, 5.41) is 8.76. The van der Waals surface area contributed by atoms with E-state index in [9.17, 15) is 22.8 Å². The number of benzene rings is 1. The number of nitrogens with one attached hydrogen (secondary N) is 3. The summed E-state index contributed by atoms with van der Waals surface area (Å²) in [6, 6.07) is 9.60. The van der Waals surface area contributed by atoms with Crippen molar-refractivity contribution >= 4 is 17.6 Å². The smallest absolute Gasteiger partial charge is 0.417 e. The van der Waals surface area contributed by atoms with Crippen molar-refractivity contribution in [1.82, 2.24) is 30.5 Å². The molecule has 210 valence electrons. The molecule has 0 aliphatic carbocycles. The molecule has 5 rings (SSSR count). The van der Waals surface area contributed by atoms with E-state index in [0.717, 1.165) is 44.6 Å². The summed E-state index contributed by atoms with van der Waals surface area (Å²) in [7, 11) is 0. The number of rotatable bonds is 9. The molecule has 2 saturated heterocycles. The average Bonchev–Trinajstić information content (AvgIpc) is 3.60. The number of carbonyl (C=O) groups excluding carboxylic acids is 2. The van der Waals surface area contributed by atoms with E-state index in [1.807, 2.05) is 0 Å². The number of likely N-dealkylation sites (tertiary alicyclic amines) is 1. The third-order valence-electron chi connectivity index (χ3n) is 6.64. The van der Waals surface area contributed by atoms with Crippen molar-refractivity contribution in [2.45, 2.75) is 31.5 Å². The van der Waals surface area contributed by atoms with Gasteiger partial charge in [0, 0.05) is 43.5 Å². The fraction of sp³-hybridized carbons (Fsp3) is 0.370. The molecular formula is C27H28F3N7O3. The summed E-state index contributed by atoms with van der Waals surface area (Å²) in [5.41, 5.74) is -0.146. The number of amides is 2. The molecular weight excluding hydrogens is 527 g/mol. The van der Waals surface area contributed by atoms with Gasteiger partial charge in [0.05, 0.1) is 5.56 Å². The molecule has 0 bridgehead atoms. The maximum atomic E-state index is 13.0. The van der Waals surface area contributed by atoms with E-state index in [4.69, 9.17) is 4.74 Å². The summed E-state index contributed by atoms with van der Waals surface area (Å²) in [5.74, 6) is 0.447. The van der Waals surface area contributed by atoms with Gasteiger partial charge < -0.3 is 25.6 Å². The molecule has 3 aromatic rings. The van der Waals surface area contributed by atoms with Crippen LogP contribution in [0.25, 0.3) is 11.4 Å². The van der Waals surface area contributed by atoms with Crippen molar-refractivity contribution in [2.24, 2.45) is 0 Å². The molecule has 2 aliphatic rings. The van der Waals surface area contributed by atoms with Gasteiger partial charge in [-0.3, -0.25) is 9.59 Å². The predicted octanol–water partition coefficient (Wildman–Crippen LogP) is 3.48. The molecule has 2 amide bonds. The summed E-state index contributed by atoms with van der Waals surface area (Å²) >= 11 is 0. The van der Waals surface area contributed by atoms with Gasteiger partial charge in [0.15, 0.2) is 5.82 Å². The van der Waals surface area contributed by atoms with Crippen LogP contribution in [0.5, 0.6) is 11.6 Å². The predicted molar refractivity (Wildman–Crippen MR) is 140 cm³/mol. The highest BCUT2D eigenvalue weighted by Gasteiger charge is 2.30. The molecule has 10 nitrogen and oxygen atoms in total. The SMILES string of the molecule is O=C(NCCN1CCCC1)c1cc(NC2CCNC2=O)nc(-c2ccc(Oc3ccc(C(F)(F)F)cn3)cc2)n1. The van der Waals surface area contributed by atoms with Crippen LogP contribution >= 0.6 is 0 Å². The van der Waals surface area contributed by atoms with Crippen molar-refractivity contribution in [3.8, 4) is 23.0 Å². The van der Waals surface area contributed by atoms with E-state index in [1.54, 1.807) is 24.3 Å². The first kappa shape index (κ1) is 27.3. The normalized spacial score (nSPS) is 17.5. The average molecular weight is 556 g/mol. The first-order chi connectivity index (χ1) is 19.2. The zero-order chi connectivity index (χ0) is 28.1. The molecule has 2 aromatic heterocycles. The molecule has 2 aliphatic heterocycles. The fourth-order valence-corrected chi connectivity index (χ4v) is 4.50. The van der Waals surface area contributed by atoms with E-state index in [0.29, 0.717) is 42.8 Å². The molecule has 1 aromatic carbocycles. The molecule has 0 saturated carbocycles. The maximum absolute atomic E-state index is 13.0. The van der Waals surface area contributed by atoms with Crippen LogP contribution in [0.3, 0.4) is 0 Å². The summed E-state index contributed by atoms with van der Waals surface area (Å²) in [6.45, 7) is 3.84. The largest absolute Gasteiger partial charge is 0.439 e. The first-order valence-corrected chi connectivity index (χ1v) is 13.0. The summed E-state index contributed by atoms with van der Waals surface area (Å²) in [4.78, 5) is 40.1. The molecule has 40 heavy (non-hydrogen) atoms. The third kappa shape index (κ3) is 6.84. The van der Waals surface area contributed by atoms with Crippen LogP contribution in [-0.4, -0.2) is 70.4 Å². The van der Waals surface area contributed by atoms with E-state index in [-0.39, 0.29) is 29.2 Å². The maximum Gasteiger partial charge on any atom is 0.417 e. The topological polar surface area (TPSA) is 121 Å². The second kappa shape index (κ2) is 11.9. The van der Waals surface area contributed by atoms with Crippen molar-refractivity contribution in [1.29, 1.82) is 0 Å². The van der Waals surface area contributed by atoms with Gasteiger partial charge in [-0.15, -0.1) is 0 Å². The Kier molecular flexibility index (Phi) is 8.10. The van der Waals surface area contributed by atoms with Crippen LogP contribution in [-0.2, 0) is 11.0 Å². The van der Waals surface area contributed by atoms with Crippen molar-refractivity contribution in [2.75, 3.05) is 38.0 Å². The Morgan fingerprint density at radius 2 is 1.88 bits per heavy atom. The summed E-state index contributed by atoms with van der Waals surface area (Å²) < 4.78 is 43.9. The van der Waals surface area contributed by atoms with Crippen LogP contribution in [0.4, 0.5) is 19.0 Å². The molecule has 1 unspecified atom stereocenters. The Bertz CT molecular complexity index is 1340. The van der Waals surface area contributed by atoms with Crippen LogP contribution in [0.15, 0.2) is 48.7 Å². The number of nitrogens with zero attached hydrogens (tertiary/aromatic N) is 4. The highest BCUT2D eigenvalue weighted by atomic mass is 19.4. The van der Waals surface area contributed by atoms with Gasteiger partial charge in [0.1, 0.15) is 23.3 Å². The number of anilines is 1. The number of carbonyl (C=O) groups is 2. The Labute approximate surface area is 228 Å². The second-order valence-electron chi connectivity index (χ2n) is 9.55. The number of aromatic nitrogens is 3. The Morgan fingerprint density at radius 3 is 2.52 bits per heavy atom. The zero-order valence-electron chi connectivity index (χ0n) is 21.5. The number of halogens is 3. The molecule has 4 heterocycles. The van der Waals surface area contributed by atoms with Gasteiger partial charge in [-0.05, 0) is 62.7 Å². The van der Waals surface area contributed by atoms with Gasteiger partial charge in [-0.2, -0.15) is 13.2 Å². The van der Waals surface area contributed by atoms with Gasteiger partial charge in [0.25, 0.3) is 5.91 Å². The molecule has 13 heteroatoms. The third-order valence-corrected chi connectivity index (χ3v) is 6.64. The van der Waals surface area contributed by atoms with Crippen molar-refractivity contribution in [3.63, 3.8) is 0 Å². The Morgan fingerprint density at radius 1 is 1.10 bits per heavy atom. The molecule has 3 N–H and O–H groups in total. The lowest BCUT2D eigenvalue weighted by atomic mass is 10.2. The fourth-order valence-electron chi connectivity index (χ4n) is 4.50. The monoisotopic (exact) mass is 555 g/mol. The van der Waals surface area contributed by atoms with Crippen molar-refractivity contribution in [3.05, 3.63) is 59.9 Å². The molecule has 2 fully saturated rings. The van der Waals surface area contributed by atoms with E-state index in [1.165, 1.54) is 6.07 Å². The van der Waals surface area contributed by atoms with Gasteiger partial charge in [-0.25, -0.2) is 15.0 Å². The highest BCUT2D eigenvalue weighted by molar-refractivity contribution is 5.94. The van der Waals surface area contributed by atoms with E-state index >= 15 is 0 Å². The zero-order valence-corrected chi connectivity index (χ0v) is 21.5. The summed E-state index contributed by atoms with van der Waals surface area (Å²) in [6.07, 6.45) is -0.866. The first-order valence-electron chi connectivity index (χ1n) is 13.0. The van der Waals surface area contributed by atoms with Gasteiger partial charge in [-0.1, -0.05) is 0 Å². The second-order valence-corrected chi connectivity index (χ2v) is 9.55. The van der Waals surface area contributed by atoms with Crippen LogP contribution in [0.2, 0.25) is 0 Å². The van der Waals surface area contributed by atoms with Gasteiger partial charge >= 0.3 is 6.18 Å². The van der Waals surface area contributed by atoms with Crippen molar-refractivity contribution < 1.29 is 27.5 Å². The highest BCUT2D eigenvalue weighted by Crippen LogP contribution is 2.30. The number of hydrogen-bond donors (Lipinski definition) is 3. The molecule has 0 spiro atoms. The van der Waals surface area contributed by atoms with Crippen LogP contribution in [0, 0.1) is 0 Å². The minimum absolute atomic E-state index is 0.00549. The molecule has 0 radical (unpaired) electrons. The quantitative estimate of drug-likeness (QED) is 0.367. The number of alkyl halides is 3. The minimum Gasteiger partial charge on any atom is -0.439 e. The van der Waals surface area contributed by atoms with Gasteiger partial charge in [0.2, 0.25) is 11.8 Å². The Hall–Kier alpha value is -4.26. The standard InChI is InChI=1S/C27H28F3N7O3/c28-27(29,30)18-5-8-23(33-16-18)40-19-6-3-17(4-7-19)24-35-21(26(39)32-11-14-37-12-1-2-13-37)15-22(36-24)34-20-9-10-31-25(20)38/h3-8,15-16,20H,1-2,9-14H2,(H,31,38)(H,32,39)(H,34,35,36). The van der Waals surface area contributed by atoms with Crippen LogP contribution < -0.4 is 20.7 Å². The lowest BCUT2D eigenvalue weighted by Gasteiger charge is -2.16. The lowest BCUT2D eigenvalue weighted by Crippen LogP contribution is -2.34. The molecule has 1 atom stereocenters. The minimum atomic E-state index is -4.48. The number of ether oxygens (including phenoxy) is 1. The number of pyridine rings is 1. The Balaban J connectivity index is 1.32. The lowest BCUT2D eigenvalue weighted by molar-refractivity contribution is -0.137. The van der Waals surface area contributed by atoms with E-state index < -0.39 is 17.8 Å². The van der Waals surface area contributed by atoms with E-state index in [2.05, 4.69) is 35.8 Å². The van der Waals surface area contributed by atoms with Crippen LogP contribution in [0.1, 0.15) is 35.3 Å².